The molecule has 1 aliphatic rings. The maximum atomic E-state index is 8.87. The van der Waals surface area contributed by atoms with Gasteiger partial charge in [-0.25, -0.2) is 9.67 Å². The van der Waals surface area contributed by atoms with Gasteiger partial charge in [0.25, 0.3) is 0 Å². The zero-order valence-corrected chi connectivity index (χ0v) is 12.3. The molecule has 0 spiro atoms. The summed E-state index contributed by atoms with van der Waals surface area (Å²) in [4.78, 5) is 9.58. The third kappa shape index (κ3) is 2.42. The van der Waals surface area contributed by atoms with Gasteiger partial charge in [-0.05, 0) is 28.5 Å². The van der Waals surface area contributed by atoms with Gasteiger partial charge in [-0.15, -0.1) is 5.10 Å². The number of nitriles is 1. The number of rotatable bonds is 4. The van der Waals surface area contributed by atoms with Gasteiger partial charge in [0, 0.05) is 24.0 Å². The standard InChI is InChI=1S/C15H14N8/c16-4-6-23-15(19-20-21-23)12-2-1-11-3-5-22(14(11)7-12)9-13-8-17-10-18-13/h1-2,7-8,10H,3,5-6,9H2,(H,17,18). The van der Waals surface area contributed by atoms with Gasteiger partial charge in [0.05, 0.1) is 24.6 Å². The second kappa shape index (κ2) is 5.53. The molecule has 0 unspecified atom stereocenters. The van der Waals surface area contributed by atoms with Gasteiger partial charge in [0.2, 0.25) is 0 Å². The van der Waals surface area contributed by atoms with Gasteiger partial charge in [0.1, 0.15) is 6.54 Å². The first-order valence-electron chi connectivity index (χ1n) is 7.34. The lowest BCUT2D eigenvalue weighted by atomic mass is 10.1. The lowest BCUT2D eigenvalue weighted by Crippen LogP contribution is -2.19. The maximum absolute atomic E-state index is 8.87. The molecule has 8 heteroatoms. The average Bonchev–Trinajstić information content (AvgIpc) is 3.29. The first-order chi connectivity index (χ1) is 11.3. The summed E-state index contributed by atoms with van der Waals surface area (Å²) in [6, 6.07) is 8.28. The van der Waals surface area contributed by atoms with Crippen LogP contribution in [0.1, 0.15) is 11.3 Å². The second-order valence-electron chi connectivity index (χ2n) is 5.39. The number of aromatic nitrogens is 6. The molecule has 114 valence electrons. The van der Waals surface area contributed by atoms with Gasteiger partial charge < -0.3 is 9.88 Å². The summed E-state index contributed by atoms with van der Waals surface area (Å²) in [5.74, 6) is 0.612. The van der Waals surface area contributed by atoms with Crippen LogP contribution in [0.3, 0.4) is 0 Å². The van der Waals surface area contributed by atoms with Crippen molar-refractivity contribution in [3.63, 3.8) is 0 Å². The maximum Gasteiger partial charge on any atom is 0.183 e. The summed E-state index contributed by atoms with van der Waals surface area (Å²) in [5.41, 5.74) is 4.41. The van der Waals surface area contributed by atoms with Crippen molar-refractivity contribution >= 4 is 5.69 Å². The monoisotopic (exact) mass is 306 g/mol. The third-order valence-electron chi connectivity index (χ3n) is 4.00. The van der Waals surface area contributed by atoms with Crippen molar-refractivity contribution in [3.05, 3.63) is 42.0 Å². The molecular weight excluding hydrogens is 292 g/mol. The normalized spacial score (nSPS) is 13.1. The van der Waals surface area contributed by atoms with E-state index in [-0.39, 0.29) is 6.54 Å². The summed E-state index contributed by atoms with van der Waals surface area (Å²) in [5, 5.41) is 20.4. The quantitative estimate of drug-likeness (QED) is 0.776. The van der Waals surface area contributed by atoms with Gasteiger partial charge in [0.15, 0.2) is 5.82 Å². The van der Waals surface area contributed by atoms with Crippen molar-refractivity contribution in [2.45, 2.75) is 19.5 Å². The van der Waals surface area contributed by atoms with Crippen LogP contribution in [0.2, 0.25) is 0 Å². The average molecular weight is 306 g/mol. The zero-order valence-electron chi connectivity index (χ0n) is 12.3. The minimum Gasteiger partial charge on any atom is -0.365 e. The Balaban J connectivity index is 1.67. The molecule has 1 N–H and O–H groups in total. The molecule has 0 bridgehead atoms. The third-order valence-corrected chi connectivity index (χ3v) is 4.00. The van der Waals surface area contributed by atoms with Crippen LogP contribution in [0.5, 0.6) is 0 Å². The van der Waals surface area contributed by atoms with Crippen LogP contribution < -0.4 is 4.90 Å². The molecule has 0 aliphatic carbocycles. The van der Waals surface area contributed by atoms with Crippen LogP contribution in [-0.2, 0) is 19.5 Å². The number of benzene rings is 1. The van der Waals surface area contributed by atoms with Gasteiger partial charge in [-0.3, -0.25) is 0 Å². The number of hydrogen-bond acceptors (Lipinski definition) is 6. The van der Waals surface area contributed by atoms with E-state index in [2.05, 4.69) is 48.6 Å². The first-order valence-corrected chi connectivity index (χ1v) is 7.34. The number of tetrazole rings is 1. The van der Waals surface area contributed by atoms with E-state index < -0.39 is 0 Å². The Morgan fingerprint density at radius 2 is 2.30 bits per heavy atom. The molecule has 3 heterocycles. The van der Waals surface area contributed by atoms with Crippen molar-refractivity contribution in [1.29, 1.82) is 5.26 Å². The Morgan fingerprint density at radius 1 is 1.35 bits per heavy atom. The second-order valence-corrected chi connectivity index (χ2v) is 5.39. The summed E-state index contributed by atoms with van der Waals surface area (Å²) >= 11 is 0. The van der Waals surface area contributed by atoms with Crippen molar-refractivity contribution in [2.24, 2.45) is 0 Å². The van der Waals surface area contributed by atoms with Crippen LogP contribution in [0.15, 0.2) is 30.7 Å². The lowest BCUT2D eigenvalue weighted by Gasteiger charge is -2.18. The molecule has 0 radical (unpaired) electrons. The van der Waals surface area contributed by atoms with Crippen LogP contribution in [0.4, 0.5) is 5.69 Å². The van der Waals surface area contributed by atoms with E-state index in [0.717, 1.165) is 30.8 Å². The first kappa shape index (κ1) is 13.5. The molecule has 0 fully saturated rings. The SMILES string of the molecule is N#CCn1nnnc1-c1ccc2c(c1)N(Cc1c[nH]cn1)CC2. The molecule has 1 aromatic carbocycles. The Morgan fingerprint density at radius 3 is 3.13 bits per heavy atom. The minimum atomic E-state index is 0.135. The van der Waals surface area contributed by atoms with E-state index in [1.54, 1.807) is 6.33 Å². The molecular formula is C15H14N8. The number of hydrogen-bond donors (Lipinski definition) is 1. The van der Waals surface area contributed by atoms with Crippen molar-refractivity contribution in [3.8, 4) is 17.5 Å². The number of imidazole rings is 1. The largest absolute Gasteiger partial charge is 0.365 e. The summed E-state index contributed by atoms with van der Waals surface area (Å²) < 4.78 is 1.51. The summed E-state index contributed by atoms with van der Waals surface area (Å²) in [7, 11) is 0. The van der Waals surface area contributed by atoms with Crippen LogP contribution in [-0.4, -0.2) is 36.7 Å². The van der Waals surface area contributed by atoms with Gasteiger partial charge in [-0.1, -0.05) is 12.1 Å². The highest BCUT2D eigenvalue weighted by molar-refractivity contribution is 5.68. The molecule has 1 aliphatic heterocycles. The molecule has 0 saturated carbocycles. The van der Waals surface area contributed by atoms with Crippen molar-refractivity contribution < 1.29 is 0 Å². The molecule has 0 saturated heterocycles. The number of aromatic amines is 1. The highest BCUT2D eigenvalue weighted by Crippen LogP contribution is 2.32. The molecule has 0 atom stereocenters. The van der Waals surface area contributed by atoms with Crippen molar-refractivity contribution in [1.82, 2.24) is 30.2 Å². The van der Waals surface area contributed by atoms with E-state index in [1.165, 1.54) is 15.9 Å². The fraction of sp³-hybridized carbons (Fsp3) is 0.267. The lowest BCUT2D eigenvalue weighted by molar-refractivity contribution is 0.671. The zero-order chi connectivity index (χ0) is 15.6. The molecule has 2 aromatic heterocycles. The summed E-state index contributed by atoms with van der Waals surface area (Å²) in [6.45, 7) is 1.87. The topological polar surface area (TPSA) is 99.3 Å². The predicted molar refractivity (Wildman–Crippen MR) is 82.2 cm³/mol. The molecule has 0 amide bonds. The molecule has 4 rings (SSSR count). The molecule has 8 nitrogen and oxygen atoms in total. The van der Waals surface area contributed by atoms with E-state index in [9.17, 15) is 0 Å². The predicted octanol–water partition coefficient (Wildman–Crippen LogP) is 1.15. The van der Waals surface area contributed by atoms with Gasteiger partial charge >= 0.3 is 0 Å². The smallest absolute Gasteiger partial charge is 0.183 e. The fourth-order valence-corrected chi connectivity index (χ4v) is 2.91. The number of nitrogens with one attached hydrogen (secondary N) is 1. The highest BCUT2D eigenvalue weighted by atomic mass is 15.5. The Hall–Kier alpha value is -3.21. The Labute approximate surface area is 132 Å². The van der Waals surface area contributed by atoms with Gasteiger partial charge in [-0.2, -0.15) is 5.26 Å². The van der Waals surface area contributed by atoms with Crippen molar-refractivity contribution in [2.75, 3.05) is 11.4 Å². The number of nitrogens with zero attached hydrogens (tertiary/aromatic N) is 7. The van der Waals surface area contributed by atoms with Crippen LogP contribution >= 0.6 is 0 Å². The molecule has 23 heavy (non-hydrogen) atoms. The number of fused-ring (bicyclic) bond motifs is 1. The minimum absolute atomic E-state index is 0.135. The Kier molecular flexibility index (Phi) is 3.24. The van der Waals surface area contributed by atoms with Crippen LogP contribution in [0, 0.1) is 11.3 Å². The summed E-state index contributed by atoms with van der Waals surface area (Å²) in [6.07, 6.45) is 4.62. The van der Waals surface area contributed by atoms with E-state index in [0.29, 0.717) is 5.82 Å². The van der Waals surface area contributed by atoms with E-state index in [1.807, 2.05) is 12.3 Å². The highest BCUT2D eigenvalue weighted by Gasteiger charge is 2.21. The number of H-pyrrole nitrogens is 1. The number of anilines is 1. The fourth-order valence-electron chi connectivity index (χ4n) is 2.91. The van der Waals surface area contributed by atoms with E-state index in [4.69, 9.17) is 5.26 Å². The van der Waals surface area contributed by atoms with Crippen LogP contribution in [0.25, 0.3) is 11.4 Å². The van der Waals surface area contributed by atoms with E-state index >= 15 is 0 Å². The Bertz CT molecular complexity index is 858. The molecule has 3 aromatic rings.